The van der Waals surface area contributed by atoms with Gasteiger partial charge in [-0.05, 0) is 5.56 Å². The molecule has 0 aromatic heterocycles. The van der Waals surface area contributed by atoms with Crippen LogP contribution in [0.5, 0.6) is 0 Å². The lowest BCUT2D eigenvalue weighted by Gasteiger charge is -2.33. The maximum Gasteiger partial charge on any atom is 0.336 e. The smallest absolute Gasteiger partial charge is 0.336 e. The summed E-state index contributed by atoms with van der Waals surface area (Å²) in [5.74, 6) is -0.727. The summed E-state index contributed by atoms with van der Waals surface area (Å²) in [5, 5.41) is -0.0896. The van der Waals surface area contributed by atoms with Gasteiger partial charge in [0, 0.05) is 5.57 Å². The summed E-state index contributed by atoms with van der Waals surface area (Å²) in [6.07, 6.45) is 0. The summed E-state index contributed by atoms with van der Waals surface area (Å²) in [4.78, 5) is 8.95. The number of esters is 1. The molecule has 23 heavy (non-hydrogen) atoms. The molecule has 8 heteroatoms. The third-order valence-electron chi connectivity index (χ3n) is 4.05. The molecule has 2 bridgehead atoms. The number of carbonyl (C=O) groups excluding carboxylic acids is 1. The normalized spacial score (nSPS) is 31.8. The molecule has 1 aromatic rings. The second-order valence-electron chi connectivity index (χ2n) is 5.13. The van der Waals surface area contributed by atoms with E-state index in [1.807, 2.05) is 6.07 Å². The molecule has 2 atom stereocenters. The molecule has 3 rings (SSSR count). The van der Waals surface area contributed by atoms with Gasteiger partial charge in [0.15, 0.2) is 4.33 Å². The Morgan fingerprint density at radius 2 is 1.48 bits per heavy atom. The molecule has 0 saturated carbocycles. The van der Waals surface area contributed by atoms with Crippen LogP contribution in [0, 0.1) is 0 Å². The summed E-state index contributed by atoms with van der Waals surface area (Å²) in [6, 6.07) is 8.84. The highest BCUT2D eigenvalue weighted by Crippen LogP contribution is 2.75. The summed E-state index contributed by atoms with van der Waals surface area (Å²) < 4.78 is 2.98. The molecule has 2 aliphatic carbocycles. The average molecular weight is 433 g/mol. The molecule has 0 heterocycles. The molecular weight excluding hydrogens is 425 g/mol. The summed E-state index contributed by atoms with van der Waals surface area (Å²) >= 11 is 38.9. The Bertz CT molecular complexity index is 769. The lowest BCUT2D eigenvalue weighted by Crippen LogP contribution is -2.46. The number of fused-ring (bicyclic) bond motifs is 2. The Morgan fingerprint density at radius 3 is 2.00 bits per heavy atom. The summed E-state index contributed by atoms with van der Waals surface area (Å²) in [6.45, 7) is 0. The van der Waals surface area contributed by atoms with Crippen LogP contribution in [-0.4, -0.2) is 27.2 Å². The largest absolute Gasteiger partial charge is 0.466 e. The Balaban J connectivity index is 2.43. The van der Waals surface area contributed by atoms with Crippen molar-refractivity contribution in [1.82, 2.24) is 0 Å². The topological polar surface area (TPSA) is 26.3 Å². The minimum Gasteiger partial charge on any atom is -0.466 e. The fraction of sp³-hybridized carbons (Fsp3) is 0.267. The van der Waals surface area contributed by atoms with Crippen molar-refractivity contribution in [3.63, 3.8) is 0 Å². The van der Waals surface area contributed by atoms with Gasteiger partial charge in [0.25, 0.3) is 0 Å². The van der Waals surface area contributed by atoms with Crippen LogP contribution < -0.4 is 0 Å². The zero-order chi connectivity index (χ0) is 17.2. The van der Waals surface area contributed by atoms with Gasteiger partial charge >= 0.3 is 5.97 Å². The number of hydrogen-bond acceptors (Lipinski definition) is 2. The van der Waals surface area contributed by atoms with E-state index in [9.17, 15) is 4.79 Å². The third kappa shape index (κ3) is 1.88. The Kier molecular flexibility index (Phi) is 4.20. The Hall–Kier alpha value is -0.0900. The second kappa shape index (κ2) is 5.45. The predicted octanol–water partition coefficient (Wildman–Crippen LogP) is 5.46. The monoisotopic (exact) mass is 430 g/mol. The fourth-order valence-electron chi connectivity index (χ4n) is 2.99. The van der Waals surface area contributed by atoms with Crippen LogP contribution in [0.25, 0.3) is 5.57 Å². The first-order chi connectivity index (χ1) is 10.7. The first kappa shape index (κ1) is 17.7. The van der Waals surface area contributed by atoms with Gasteiger partial charge < -0.3 is 4.74 Å². The molecule has 0 amide bonds. The minimum atomic E-state index is -1.87. The van der Waals surface area contributed by atoms with Crippen molar-refractivity contribution in [2.75, 3.05) is 7.11 Å². The van der Waals surface area contributed by atoms with Gasteiger partial charge in [-0.15, -0.1) is 23.2 Å². The molecule has 2 unspecified atom stereocenters. The Labute approximate surface area is 162 Å². The molecule has 2 nitrogen and oxygen atoms in total. The van der Waals surface area contributed by atoms with Crippen molar-refractivity contribution in [1.29, 1.82) is 0 Å². The number of allylic oxidation sites excluding steroid dienone is 3. The van der Waals surface area contributed by atoms with E-state index in [4.69, 9.17) is 74.3 Å². The number of halogens is 6. The third-order valence-corrected chi connectivity index (χ3v) is 8.13. The average Bonchev–Trinajstić information content (AvgIpc) is 2.75. The van der Waals surface area contributed by atoms with E-state index in [2.05, 4.69) is 0 Å². The standard InChI is InChI=1S/C15H8Cl6O2/c1-23-12(22)9-8(7-5-3-2-4-6-7)13(18)10(16)11(17)14(9,19)15(13,20)21/h2-6H,1H3. The highest BCUT2D eigenvalue weighted by Gasteiger charge is 2.79. The van der Waals surface area contributed by atoms with E-state index < -0.39 is 20.1 Å². The molecule has 0 N–H and O–H groups in total. The van der Waals surface area contributed by atoms with Crippen molar-refractivity contribution in [2.45, 2.75) is 14.1 Å². The Morgan fingerprint density at radius 1 is 0.957 bits per heavy atom. The van der Waals surface area contributed by atoms with Crippen molar-refractivity contribution < 1.29 is 9.53 Å². The first-order valence-corrected chi connectivity index (χ1v) is 8.63. The van der Waals surface area contributed by atoms with Crippen LogP contribution in [-0.2, 0) is 9.53 Å². The van der Waals surface area contributed by atoms with Crippen LogP contribution in [0.1, 0.15) is 5.56 Å². The number of alkyl halides is 4. The number of hydrogen-bond donors (Lipinski definition) is 0. The highest BCUT2D eigenvalue weighted by atomic mass is 35.5. The molecule has 0 aliphatic heterocycles. The molecule has 1 aromatic carbocycles. The number of methoxy groups -OCH3 is 1. The zero-order valence-corrected chi connectivity index (χ0v) is 16.0. The van der Waals surface area contributed by atoms with Gasteiger partial charge in [-0.1, -0.05) is 76.7 Å². The molecular formula is C15H8Cl6O2. The fourth-order valence-corrected chi connectivity index (χ4v) is 5.68. The molecule has 0 radical (unpaired) electrons. The maximum atomic E-state index is 12.4. The summed E-state index contributed by atoms with van der Waals surface area (Å²) in [7, 11) is 1.22. The lowest BCUT2D eigenvalue weighted by molar-refractivity contribution is -0.136. The van der Waals surface area contributed by atoms with Gasteiger partial charge in [0.1, 0.15) is 9.75 Å². The van der Waals surface area contributed by atoms with Crippen molar-refractivity contribution in [3.05, 3.63) is 51.5 Å². The quantitative estimate of drug-likeness (QED) is 0.458. The van der Waals surface area contributed by atoms with Crippen molar-refractivity contribution in [2.24, 2.45) is 0 Å². The van der Waals surface area contributed by atoms with Gasteiger partial charge in [-0.25, -0.2) is 4.79 Å². The molecule has 2 aliphatic rings. The zero-order valence-electron chi connectivity index (χ0n) is 11.5. The number of rotatable bonds is 2. The lowest BCUT2D eigenvalue weighted by atomic mass is 9.90. The SMILES string of the molecule is COC(=O)C1=C(c2ccccc2)C2(Cl)C(Cl)=C(Cl)C1(Cl)C2(Cl)Cl. The number of carbonyl (C=O) groups is 1. The van der Waals surface area contributed by atoms with E-state index in [0.29, 0.717) is 11.1 Å². The molecule has 0 spiro atoms. The van der Waals surface area contributed by atoms with Gasteiger partial charge in [-0.3, -0.25) is 0 Å². The van der Waals surface area contributed by atoms with Crippen LogP contribution in [0.15, 0.2) is 46.0 Å². The minimum absolute atomic E-state index is 0.00709. The van der Waals surface area contributed by atoms with Crippen LogP contribution >= 0.6 is 69.6 Å². The van der Waals surface area contributed by atoms with Crippen LogP contribution in [0.3, 0.4) is 0 Å². The van der Waals surface area contributed by atoms with E-state index in [-0.39, 0.29) is 15.6 Å². The van der Waals surface area contributed by atoms with Gasteiger partial charge in [0.05, 0.1) is 22.7 Å². The van der Waals surface area contributed by atoms with E-state index in [1.165, 1.54) is 7.11 Å². The second-order valence-corrected chi connectivity index (χ2v) is 8.34. The van der Waals surface area contributed by atoms with E-state index >= 15 is 0 Å². The molecule has 122 valence electrons. The molecule has 0 fully saturated rings. The maximum absolute atomic E-state index is 12.4. The number of ether oxygens (including phenoxy) is 1. The van der Waals surface area contributed by atoms with Gasteiger partial charge in [-0.2, -0.15) is 0 Å². The molecule has 0 saturated heterocycles. The number of benzene rings is 1. The van der Waals surface area contributed by atoms with Gasteiger partial charge in [0.2, 0.25) is 0 Å². The van der Waals surface area contributed by atoms with Crippen LogP contribution in [0.4, 0.5) is 0 Å². The first-order valence-electron chi connectivity index (χ1n) is 6.36. The van der Waals surface area contributed by atoms with E-state index in [1.54, 1.807) is 24.3 Å². The summed E-state index contributed by atoms with van der Waals surface area (Å²) in [5.41, 5.74) is 0.877. The van der Waals surface area contributed by atoms with Crippen molar-refractivity contribution >= 4 is 81.1 Å². The highest BCUT2D eigenvalue weighted by molar-refractivity contribution is 6.69. The predicted molar refractivity (Wildman–Crippen MR) is 95.7 cm³/mol. The van der Waals surface area contributed by atoms with Crippen molar-refractivity contribution in [3.8, 4) is 0 Å². The van der Waals surface area contributed by atoms with Crippen LogP contribution in [0.2, 0.25) is 0 Å². The van der Waals surface area contributed by atoms with E-state index in [0.717, 1.165) is 0 Å².